The Bertz CT molecular complexity index is 753. The number of hydrogen-bond donors (Lipinski definition) is 0. The van der Waals surface area contributed by atoms with Crippen molar-refractivity contribution in [2.45, 2.75) is 286 Å². The molecule has 0 radical (unpaired) electrons. The van der Waals surface area contributed by atoms with Crippen molar-refractivity contribution in [3.8, 4) is 0 Å². The molecule has 1 fully saturated rings. The summed E-state index contributed by atoms with van der Waals surface area (Å²) in [6, 6.07) is 0. The van der Waals surface area contributed by atoms with E-state index in [0.717, 1.165) is 25.9 Å². The van der Waals surface area contributed by atoms with Crippen molar-refractivity contribution in [3.63, 3.8) is 0 Å². The third-order valence-electron chi connectivity index (χ3n) is 13.3. The molecule has 0 saturated carbocycles. The van der Waals surface area contributed by atoms with Crippen LogP contribution in [-0.4, -0.2) is 105 Å². The minimum absolute atomic E-state index is 0.610. The average molecular weight is 878 g/mol. The second kappa shape index (κ2) is 56.6. The van der Waals surface area contributed by atoms with Gasteiger partial charge in [0.05, 0.1) is 6.54 Å². The SMILES string of the molecule is CCCCCCCCCN(CC=O)CCN(CCCCCCCCC)CCCCCCCCC.CCCCCCCCCN(CCC)CCCCCCCCC.CN1CCCC1. The maximum atomic E-state index is 11.2. The van der Waals surface area contributed by atoms with Gasteiger partial charge in [0.25, 0.3) is 0 Å². The van der Waals surface area contributed by atoms with Crippen molar-refractivity contribution in [2.24, 2.45) is 0 Å². The number of nitrogens with zero attached hydrogens (tertiary/aromatic N) is 4. The Morgan fingerprint density at radius 3 is 0.790 bits per heavy atom. The number of hydrogen-bond acceptors (Lipinski definition) is 5. The molecule has 1 aliphatic heterocycles. The summed E-state index contributed by atoms with van der Waals surface area (Å²) >= 11 is 0. The van der Waals surface area contributed by atoms with Crippen LogP contribution in [0.1, 0.15) is 286 Å². The summed E-state index contributed by atoms with van der Waals surface area (Å²) in [7, 11) is 2.17. The first-order chi connectivity index (χ1) is 30.5. The summed E-state index contributed by atoms with van der Waals surface area (Å²) in [6.07, 6.45) is 54.1. The van der Waals surface area contributed by atoms with Gasteiger partial charge in [0, 0.05) is 13.1 Å². The molecule has 0 bridgehead atoms. The van der Waals surface area contributed by atoms with Crippen LogP contribution in [0.2, 0.25) is 0 Å². The van der Waals surface area contributed by atoms with Crippen LogP contribution in [0.3, 0.4) is 0 Å². The van der Waals surface area contributed by atoms with Crippen LogP contribution in [0.5, 0.6) is 0 Å². The zero-order valence-electron chi connectivity index (χ0n) is 44.4. The Kier molecular flexibility index (Phi) is 58.1. The predicted molar refractivity (Wildman–Crippen MR) is 282 cm³/mol. The first kappa shape index (κ1) is 63.6. The van der Waals surface area contributed by atoms with E-state index in [-0.39, 0.29) is 0 Å². The molecule has 0 atom stereocenters. The lowest BCUT2D eigenvalue weighted by Crippen LogP contribution is -2.37. The second-order valence-corrected chi connectivity index (χ2v) is 19.8. The number of rotatable bonds is 47. The van der Waals surface area contributed by atoms with Gasteiger partial charge in [0.2, 0.25) is 0 Å². The molecule has 1 saturated heterocycles. The summed E-state index contributed by atoms with van der Waals surface area (Å²) in [5.74, 6) is 0. The van der Waals surface area contributed by atoms with E-state index in [9.17, 15) is 4.79 Å². The Labute approximate surface area is 393 Å². The summed E-state index contributed by atoms with van der Waals surface area (Å²) in [6.45, 7) is 26.8. The van der Waals surface area contributed by atoms with E-state index in [2.05, 4.69) is 68.2 Å². The normalized spacial score (nSPS) is 12.9. The molecule has 62 heavy (non-hydrogen) atoms. The third kappa shape index (κ3) is 52.1. The van der Waals surface area contributed by atoms with Gasteiger partial charge >= 0.3 is 0 Å². The smallest absolute Gasteiger partial charge is 0.133 e. The van der Waals surface area contributed by atoms with Gasteiger partial charge in [-0.3, -0.25) is 4.90 Å². The molecule has 5 heteroatoms. The highest BCUT2D eigenvalue weighted by molar-refractivity contribution is 5.51. The van der Waals surface area contributed by atoms with Gasteiger partial charge in [-0.05, 0) is 111 Å². The van der Waals surface area contributed by atoms with Gasteiger partial charge in [-0.1, -0.05) is 234 Å². The molecule has 1 rings (SSSR count). The summed E-state index contributed by atoms with van der Waals surface area (Å²) in [5.41, 5.74) is 0. The largest absolute Gasteiger partial charge is 0.306 e. The van der Waals surface area contributed by atoms with Crippen molar-refractivity contribution in [3.05, 3.63) is 0 Å². The average Bonchev–Trinajstić information content (AvgIpc) is 3.77. The Hall–Kier alpha value is -0.490. The molecular weight excluding hydrogens is 757 g/mol. The molecular formula is C57H120N4O. The Balaban J connectivity index is 0. The number of carbonyl (C=O) groups is 1. The van der Waals surface area contributed by atoms with E-state index < -0.39 is 0 Å². The molecule has 0 unspecified atom stereocenters. The van der Waals surface area contributed by atoms with Crippen LogP contribution in [0.4, 0.5) is 0 Å². The zero-order chi connectivity index (χ0) is 45.7. The molecule has 0 N–H and O–H groups in total. The standard InChI is InChI=1S/C31H64N2O.C21H45N.C5H11N/c1-4-7-10-13-16-19-22-25-32(26-23-20-17-14-11-8-5-2)28-29-33(30-31-34)27-24-21-18-15-12-9-6-3;1-4-7-9-11-13-15-17-20-22(19-6-3)21-18-16-14-12-10-8-5-2;1-6-4-2-3-5-6/h31H,4-30H2,1-3H3;4-21H2,1-3H3;2-5H2,1H3. The fourth-order valence-electron chi connectivity index (χ4n) is 9.01. The number of carbonyl (C=O) groups excluding carboxylic acids is 1. The van der Waals surface area contributed by atoms with E-state index in [1.807, 2.05) is 0 Å². The van der Waals surface area contributed by atoms with E-state index >= 15 is 0 Å². The molecule has 5 nitrogen and oxygen atoms in total. The zero-order valence-corrected chi connectivity index (χ0v) is 44.4. The third-order valence-corrected chi connectivity index (χ3v) is 13.3. The second-order valence-electron chi connectivity index (χ2n) is 19.8. The maximum absolute atomic E-state index is 11.2. The van der Waals surface area contributed by atoms with Gasteiger partial charge in [-0.15, -0.1) is 0 Å². The van der Waals surface area contributed by atoms with Crippen molar-refractivity contribution in [1.82, 2.24) is 19.6 Å². The van der Waals surface area contributed by atoms with Gasteiger partial charge < -0.3 is 19.5 Å². The maximum Gasteiger partial charge on any atom is 0.133 e. The molecule has 0 spiro atoms. The molecule has 374 valence electrons. The van der Waals surface area contributed by atoms with E-state index in [0.29, 0.717) is 6.54 Å². The predicted octanol–water partition coefficient (Wildman–Crippen LogP) is 17.0. The van der Waals surface area contributed by atoms with Gasteiger partial charge in [0.15, 0.2) is 0 Å². The highest BCUT2D eigenvalue weighted by Crippen LogP contribution is 2.13. The number of unbranched alkanes of at least 4 members (excludes halogenated alkanes) is 30. The number of aldehydes is 1. The first-order valence-electron chi connectivity index (χ1n) is 28.8. The van der Waals surface area contributed by atoms with Crippen molar-refractivity contribution < 1.29 is 4.79 Å². The van der Waals surface area contributed by atoms with E-state index in [1.54, 1.807) is 0 Å². The molecule has 1 heterocycles. The molecule has 0 amide bonds. The Morgan fingerprint density at radius 2 is 0.548 bits per heavy atom. The van der Waals surface area contributed by atoms with E-state index in [1.165, 1.54) is 290 Å². The topological polar surface area (TPSA) is 30.0 Å². The minimum atomic E-state index is 0.610. The highest BCUT2D eigenvalue weighted by Gasteiger charge is 2.10. The first-order valence-corrected chi connectivity index (χ1v) is 28.8. The van der Waals surface area contributed by atoms with Crippen molar-refractivity contribution >= 4 is 6.29 Å². The van der Waals surface area contributed by atoms with Gasteiger partial charge in [0.1, 0.15) is 6.29 Å². The lowest BCUT2D eigenvalue weighted by molar-refractivity contribution is -0.108. The quantitative estimate of drug-likeness (QED) is 0.0449. The molecule has 0 aromatic rings. The fraction of sp³-hybridized carbons (Fsp3) is 0.982. The van der Waals surface area contributed by atoms with Crippen molar-refractivity contribution in [2.75, 3.05) is 79.0 Å². The van der Waals surface area contributed by atoms with Crippen LogP contribution >= 0.6 is 0 Å². The fourth-order valence-corrected chi connectivity index (χ4v) is 9.01. The van der Waals surface area contributed by atoms with Crippen LogP contribution in [0, 0.1) is 0 Å². The summed E-state index contributed by atoms with van der Waals surface area (Å²) < 4.78 is 0. The summed E-state index contributed by atoms with van der Waals surface area (Å²) in [5, 5.41) is 0. The van der Waals surface area contributed by atoms with Gasteiger partial charge in [-0.2, -0.15) is 0 Å². The highest BCUT2D eigenvalue weighted by atomic mass is 16.1. The molecule has 0 aromatic heterocycles. The lowest BCUT2D eigenvalue weighted by atomic mass is 10.1. The van der Waals surface area contributed by atoms with Crippen LogP contribution in [-0.2, 0) is 4.79 Å². The Morgan fingerprint density at radius 1 is 0.306 bits per heavy atom. The van der Waals surface area contributed by atoms with Gasteiger partial charge in [-0.25, -0.2) is 0 Å². The van der Waals surface area contributed by atoms with Crippen molar-refractivity contribution in [1.29, 1.82) is 0 Å². The van der Waals surface area contributed by atoms with E-state index in [4.69, 9.17) is 0 Å². The monoisotopic (exact) mass is 877 g/mol. The minimum Gasteiger partial charge on any atom is -0.306 e. The molecule has 0 aromatic carbocycles. The van der Waals surface area contributed by atoms with Crippen LogP contribution in [0.15, 0.2) is 0 Å². The molecule has 0 aliphatic carbocycles. The lowest BCUT2D eigenvalue weighted by Gasteiger charge is -2.27. The summed E-state index contributed by atoms with van der Waals surface area (Å²) in [4.78, 5) is 21.4. The van der Waals surface area contributed by atoms with Crippen LogP contribution < -0.4 is 0 Å². The number of likely N-dealkylation sites (tertiary alicyclic amines) is 1. The van der Waals surface area contributed by atoms with Crippen LogP contribution in [0.25, 0.3) is 0 Å². The molecule has 1 aliphatic rings.